The van der Waals surface area contributed by atoms with Crippen LogP contribution in [0, 0.1) is 33.3 Å². The van der Waals surface area contributed by atoms with E-state index < -0.39 is 22.8 Å². The van der Waals surface area contributed by atoms with Gasteiger partial charge in [0.1, 0.15) is 0 Å². The molecule has 7 heteroatoms. The van der Waals surface area contributed by atoms with Gasteiger partial charge < -0.3 is 19.4 Å². The van der Waals surface area contributed by atoms with Gasteiger partial charge in [0.05, 0.1) is 16.5 Å². The molecule has 0 amide bonds. The van der Waals surface area contributed by atoms with Crippen LogP contribution in [0.25, 0.3) is 0 Å². The van der Waals surface area contributed by atoms with Crippen molar-refractivity contribution in [2.24, 2.45) is 23.2 Å². The van der Waals surface area contributed by atoms with Gasteiger partial charge in [0.2, 0.25) is 12.0 Å². The van der Waals surface area contributed by atoms with Crippen molar-refractivity contribution in [3.63, 3.8) is 0 Å². The Morgan fingerprint density at radius 1 is 1.14 bits per heavy atom. The fraction of sp³-hybridized carbons (Fsp3) is 0.682. The standard InChI is InChI=1S/C22H29NO6/c1-21(2,3)29-20(22-10-13-6-14(11-22)8-15(7-13)12-22)28-18-9-16(19(24)25)4-5-17(18)23(26)27/h4-5,9,13-15,20H,6-8,10-12H2,1-3H3,(H,24,25)/p-1. The third-order valence-corrected chi connectivity index (χ3v) is 6.67. The van der Waals surface area contributed by atoms with E-state index in [0.29, 0.717) is 17.8 Å². The van der Waals surface area contributed by atoms with Gasteiger partial charge >= 0.3 is 5.69 Å². The summed E-state index contributed by atoms with van der Waals surface area (Å²) in [5, 5.41) is 22.8. The molecule has 0 heterocycles. The number of carbonyl (C=O) groups excluding carboxylic acids is 1. The van der Waals surface area contributed by atoms with Gasteiger partial charge in [0.15, 0.2) is 0 Å². The molecule has 1 aromatic carbocycles. The first-order valence-electron chi connectivity index (χ1n) is 10.4. The average Bonchev–Trinajstić information content (AvgIpc) is 2.58. The Morgan fingerprint density at radius 2 is 1.69 bits per heavy atom. The third kappa shape index (κ3) is 3.97. The smallest absolute Gasteiger partial charge is 0.311 e. The van der Waals surface area contributed by atoms with Gasteiger partial charge in [-0.15, -0.1) is 0 Å². The first kappa shape index (κ1) is 20.1. The van der Waals surface area contributed by atoms with Crippen LogP contribution >= 0.6 is 0 Å². The minimum absolute atomic E-state index is 0.0679. The maximum atomic E-state index is 11.5. The molecule has 0 aliphatic heterocycles. The van der Waals surface area contributed by atoms with Gasteiger partial charge in [0.25, 0.3) is 0 Å². The number of nitrogens with zero attached hydrogens (tertiary/aromatic N) is 1. The molecule has 1 unspecified atom stereocenters. The van der Waals surface area contributed by atoms with Crippen molar-refractivity contribution in [1.29, 1.82) is 0 Å². The molecule has 4 fully saturated rings. The first-order valence-corrected chi connectivity index (χ1v) is 10.4. The van der Waals surface area contributed by atoms with Gasteiger partial charge in [-0.2, -0.15) is 0 Å². The van der Waals surface area contributed by atoms with E-state index in [0.717, 1.165) is 25.3 Å². The van der Waals surface area contributed by atoms with Crippen LogP contribution in [-0.4, -0.2) is 22.8 Å². The van der Waals surface area contributed by atoms with Crippen LogP contribution in [0.15, 0.2) is 18.2 Å². The second-order valence-electron chi connectivity index (χ2n) is 10.2. The molecule has 0 spiro atoms. The molecule has 29 heavy (non-hydrogen) atoms. The number of hydrogen-bond acceptors (Lipinski definition) is 6. The number of nitro benzene ring substituents is 1. The van der Waals surface area contributed by atoms with Crippen molar-refractivity contribution < 1.29 is 24.3 Å². The van der Waals surface area contributed by atoms with Crippen LogP contribution in [-0.2, 0) is 4.74 Å². The first-order chi connectivity index (χ1) is 13.5. The van der Waals surface area contributed by atoms with E-state index in [9.17, 15) is 20.0 Å². The number of hydrogen-bond donors (Lipinski definition) is 0. The van der Waals surface area contributed by atoms with Gasteiger partial charge in [-0.25, -0.2) is 0 Å². The summed E-state index contributed by atoms with van der Waals surface area (Å²) < 4.78 is 12.6. The Morgan fingerprint density at radius 3 is 2.14 bits per heavy atom. The van der Waals surface area contributed by atoms with Crippen LogP contribution in [0.3, 0.4) is 0 Å². The van der Waals surface area contributed by atoms with Crippen molar-refractivity contribution in [2.45, 2.75) is 71.2 Å². The SMILES string of the molecule is CC(C)(C)OC(Oc1cc(C(=O)[O-])ccc1[N+](=O)[O-])C12CC3CC(CC(C3)C1)C2. The summed E-state index contributed by atoms with van der Waals surface area (Å²) in [6, 6.07) is 3.52. The van der Waals surface area contributed by atoms with Crippen molar-refractivity contribution in [3.05, 3.63) is 33.9 Å². The number of ether oxygens (including phenoxy) is 2. The Bertz CT molecular complexity index is 792. The Balaban J connectivity index is 1.71. The van der Waals surface area contributed by atoms with E-state index in [4.69, 9.17) is 9.47 Å². The summed E-state index contributed by atoms with van der Waals surface area (Å²) in [6.07, 6.45) is 6.08. The monoisotopic (exact) mass is 402 g/mol. The number of rotatable bonds is 6. The number of carbonyl (C=O) groups is 1. The average molecular weight is 402 g/mol. The Kier molecular flexibility index (Phi) is 4.84. The van der Waals surface area contributed by atoms with E-state index in [1.165, 1.54) is 31.4 Å². The summed E-state index contributed by atoms with van der Waals surface area (Å²) in [7, 11) is 0. The molecule has 4 saturated carbocycles. The molecular weight excluding hydrogens is 374 g/mol. The summed E-state index contributed by atoms with van der Waals surface area (Å²) in [5.41, 5.74) is -1.10. The van der Waals surface area contributed by atoms with Gasteiger partial charge in [-0.3, -0.25) is 10.1 Å². The molecule has 0 saturated heterocycles. The molecule has 4 aliphatic rings. The highest BCUT2D eigenvalue weighted by molar-refractivity contribution is 5.87. The normalized spacial score (nSPS) is 31.5. The zero-order valence-electron chi connectivity index (χ0n) is 17.2. The molecule has 0 aromatic heterocycles. The van der Waals surface area contributed by atoms with E-state index in [2.05, 4.69) is 0 Å². The van der Waals surface area contributed by atoms with Crippen LogP contribution in [0.4, 0.5) is 5.69 Å². The number of carboxylic acids is 1. The zero-order valence-corrected chi connectivity index (χ0v) is 17.2. The molecule has 158 valence electrons. The van der Waals surface area contributed by atoms with Crippen LogP contribution in [0.2, 0.25) is 0 Å². The maximum absolute atomic E-state index is 11.5. The van der Waals surface area contributed by atoms with E-state index in [1.54, 1.807) is 0 Å². The predicted octanol–water partition coefficient (Wildman–Crippen LogP) is 3.69. The van der Waals surface area contributed by atoms with Gasteiger partial charge in [-0.05, 0) is 89.2 Å². The summed E-state index contributed by atoms with van der Waals surface area (Å²) in [4.78, 5) is 22.3. The lowest BCUT2D eigenvalue weighted by atomic mass is 9.49. The number of carboxylic acid groups (broad SMARTS) is 1. The van der Waals surface area contributed by atoms with Crippen LogP contribution in [0.5, 0.6) is 5.75 Å². The predicted molar refractivity (Wildman–Crippen MR) is 103 cm³/mol. The fourth-order valence-corrected chi connectivity index (χ4v) is 6.06. The number of nitro groups is 1. The highest BCUT2D eigenvalue weighted by Crippen LogP contribution is 2.62. The van der Waals surface area contributed by atoms with E-state index >= 15 is 0 Å². The minimum Gasteiger partial charge on any atom is -0.545 e. The quantitative estimate of drug-likeness (QED) is 0.408. The molecule has 0 radical (unpaired) electrons. The molecule has 4 bridgehead atoms. The molecule has 5 rings (SSSR count). The maximum Gasteiger partial charge on any atom is 0.311 e. The highest BCUT2D eigenvalue weighted by Gasteiger charge is 2.56. The minimum atomic E-state index is -1.40. The molecule has 4 aliphatic carbocycles. The lowest BCUT2D eigenvalue weighted by Gasteiger charge is -2.58. The summed E-state index contributed by atoms with van der Waals surface area (Å²) in [5.74, 6) is 0.496. The van der Waals surface area contributed by atoms with Crippen molar-refractivity contribution >= 4 is 11.7 Å². The van der Waals surface area contributed by atoms with Crippen molar-refractivity contribution in [3.8, 4) is 5.75 Å². The van der Waals surface area contributed by atoms with Crippen molar-refractivity contribution in [1.82, 2.24) is 0 Å². The van der Waals surface area contributed by atoms with Crippen LogP contribution < -0.4 is 9.84 Å². The second kappa shape index (κ2) is 6.97. The molecular formula is C22H28NO6-. The molecule has 0 N–H and O–H groups in total. The van der Waals surface area contributed by atoms with Crippen molar-refractivity contribution in [2.75, 3.05) is 0 Å². The second-order valence-corrected chi connectivity index (χ2v) is 10.2. The molecule has 7 nitrogen and oxygen atoms in total. The fourth-order valence-electron chi connectivity index (χ4n) is 6.06. The Hall–Kier alpha value is -2.15. The largest absolute Gasteiger partial charge is 0.545 e. The number of aromatic carboxylic acids is 1. The molecule has 1 atom stereocenters. The highest BCUT2D eigenvalue weighted by atomic mass is 16.7. The zero-order chi connectivity index (χ0) is 21.0. The van der Waals surface area contributed by atoms with Gasteiger partial charge in [0, 0.05) is 17.0 Å². The molecule has 1 aromatic rings. The summed E-state index contributed by atoms with van der Waals surface area (Å²) in [6.45, 7) is 5.82. The van der Waals surface area contributed by atoms with Crippen LogP contribution in [0.1, 0.15) is 69.7 Å². The number of benzene rings is 1. The van der Waals surface area contributed by atoms with E-state index in [-0.39, 0.29) is 22.4 Å². The van der Waals surface area contributed by atoms with E-state index in [1.807, 2.05) is 20.8 Å². The third-order valence-electron chi connectivity index (χ3n) is 6.67. The van der Waals surface area contributed by atoms with Gasteiger partial charge in [-0.1, -0.05) is 0 Å². The lowest BCUT2D eigenvalue weighted by Crippen LogP contribution is -2.55. The topological polar surface area (TPSA) is 102 Å². The Labute approximate surface area is 170 Å². The summed E-state index contributed by atoms with van der Waals surface area (Å²) >= 11 is 0. The lowest BCUT2D eigenvalue weighted by molar-refractivity contribution is -0.387.